The van der Waals surface area contributed by atoms with E-state index in [-0.39, 0.29) is 16.6 Å². The lowest BCUT2D eigenvalue weighted by Gasteiger charge is -2.15. The fourth-order valence-corrected chi connectivity index (χ4v) is 3.81. The van der Waals surface area contributed by atoms with Gasteiger partial charge in [-0.2, -0.15) is 8.42 Å². The summed E-state index contributed by atoms with van der Waals surface area (Å²) in [5, 5.41) is 2.85. The van der Waals surface area contributed by atoms with Crippen LogP contribution in [0.3, 0.4) is 0 Å². The lowest BCUT2D eigenvalue weighted by Crippen LogP contribution is -2.14. The number of methoxy groups -OCH3 is 1. The Hall–Kier alpha value is -3.32. The zero-order chi connectivity index (χ0) is 21.9. The van der Waals surface area contributed by atoms with E-state index in [1.54, 1.807) is 63.4 Å². The minimum atomic E-state index is -3.95. The number of aryl methyl sites for hydroxylation is 1. The summed E-state index contributed by atoms with van der Waals surface area (Å²) in [5.74, 6) is 0.603. The van der Waals surface area contributed by atoms with Gasteiger partial charge in [-0.3, -0.25) is 4.79 Å². The molecule has 1 N–H and O–H groups in total. The third-order valence-electron chi connectivity index (χ3n) is 4.85. The molecule has 0 aliphatic rings. The summed E-state index contributed by atoms with van der Waals surface area (Å²) in [5.41, 5.74) is 3.35. The van der Waals surface area contributed by atoms with Gasteiger partial charge in [0.25, 0.3) is 5.91 Å². The van der Waals surface area contributed by atoms with E-state index in [4.69, 9.17) is 8.92 Å². The molecule has 0 aliphatic carbocycles. The number of carbonyl (C=O) groups excluding carboxylic acids is 1. The van der Waals surface area contributed by atoms with Crippen molar-refractivity contribution in [3.63, 3.8) is 0 Å². The summed E-state index contributed by atoms with van der Waals surface area (Å²) in [6.07, 6.45) is 0. The van der Waals surface area contributed by atoms with E-state index in [1.165, 1.54) is 18.2 Å². The van der Waals surface area contributed by atoms with Crippen molar-refractivity contribution in [2.45, 2.75) is 25.7 Å². The highest BCUT2D eigenvalue weighted by Crippen LogP contribution is 2.30. The smallest absolute Gasteiger partial charge is 0.339 e. The molecular weight excluding hydrogens is 402 g/mol. The first-order valence-corrected chi connectivity index (χ1v) is 10.7. The van der Waals surface area contributed by atoms with Gasteiger partial charge in [0.15, 0.2) is 0 Å². The number of rotatable bonds is 6. The predicted octanol–water partition coefficient (Wildman–Crippen LogP) is 4.64. The van der Waals surface area contributed by atoms with Crippen molar-refractivity contribution in [2.75, 3.05) is 12.4 Å². The van der Waals surface area contributed by atoms with Gasteiger partial charge in [0.05, 0.1) is 7.11 Å². The van der Waals surface area contributed by atoms with E-state index in [2.05, 4.69) is 5.32 Å². The van der Waals surface area contributed by atoms with Crippen molar-refractivity contribution in [2.24, 2.45) is 0 Å². The van der Waals surface area contributed by atoms with Crippen molar-refractivity contribution < 1.29 is 22.1 Å². The number of amides is 1. The van der Waals surface area contributed by atoms with E-state index in [0.29, 0.717) is 28.1 Å². The Kier molecular flexibility index (Phi) is 6.12. The Bertz CT molecular complexity index is 1170. The molecule has 0 unspecified atom stereocenters. The molecule has 0 bridgehead atoms. The Balaban J connectivity index is 1.81. The highest BCUT2D eigenvalue weighted by atomic mass is 32.2. The first kappa shape index (κ1) is 21.4. The molecule has 0 radical (unpaired) electrons. The van der Waals surface area contributed by atoms with Crippen molar-refractivity contribution in [3.05, 3.63) is 82.9 Å². The molecule has 0 spiro atoms. The topological polar surface area (TPSA) is 81.7 Å². The quantitative estimate of drug-likeness (QED) is 0.582. The van der Waals surface area contributed by atoms with Crippen molar-refractivity contribution in [1.82, 2.24) is 0 Å². The van der Waals surface area contributed by atoms with Gasteiger partial charge in [-0.25, -0.2) is 0 Å². The minimum absolute atomic E-state index is 0.0852. The van der Waals surface area contributed by atoms with Crippen LogP contribution in [-0.2, 0) is 10.1 Å². The number of benzene rings is 3. The first-order valence-electron chi connectivity index (χ1n) is 9.28. The molecule has 30 heavy (non-hydrogen) atoms. The number of anilines is 1. The highest BCUT2D eigenvalue weighted by Gasteiger charge is 2.19. The normalized spacial score (nSPS) is 11.1. The number of hydrogen-bond acceptors (Lipinski definition) is 5. The molecule has 0 saturated heterocycles. The molecule has 0 aromatic heterocycles. The maximum atomic E-state index is 12.6. The van der Waals surface area contributed by atoms with Crippen LogP contribution >= 0.6 is 0 Å². The fourth-order valence-electron chi connectivity index (χ4n) is 2.83. The highest BCUT2D eigenvalue weighted by molar-refractivity contribution is 7.87. The van der Waals surface area contributed by atoms with E-state index < -0.39 is 10.1 Å². The van der Waals surface area contributed by atoms with Crippen LogP contribution in [0.5, 0.6) is 11.5 Å². The molecule has 0 fully saturated rings. The van der Waals surface area contributed by atoms with Gasteiger partial charge >= 0.3 is 10.1 Å². The molecule has 0 atom stereocenters. The van der Waals surface area contributed by atoms with Gasteiger partial charge < -0.3 is 14.2 Å². The average Bonchev–Trinajstić information content (AvgIpc) is 2.73. The number of hydrogen-bond donors (Lipinski definition) is 1. The second kappa shape index (κ2) is 8.59. The average molecular weight is 426 g/mol. The molecule has 0 saturated carbocycles. The van der Waals surface area contributed by atoms with Crippen LogP contribution in [0.25, 0.3) is 0 Å². The summed E-state index contributed by atoms with van der Waals surface area (Å²) < 4.78 is 35.6. The van der Waals surface area contributed by atoms with Crippen LogP contribution in [0.4, 0.5) is 5.69 Å². The summed E-state index contributed by atoms with van der Waals surface area (Å²) in [6.45, 7) is 5.42. The zero-order valence-corrected chi connectivity index (χ0v) is 18.0. The molecule has 7 heteroatoms. The molecule has 156 valence electrons. The van der Waals surface area contributed by atoms with E-state index in [0.717, 1.165) is 5.56 Å². The Morgan fingerprint density at radius 3 is 2.07 bits per heavy atom. The van der Waals surface area contributed by atoms with Crippen LogP contribution in [0.2, 0.25) is 0 Å². The Morgan fingerprint density at radius 1 is 0.833 bits per heavy atom. The molecule has 6 nitrogen and oxygen atoms in total. The summed E-state index contributed by atoms with van der Waals surface area (Å²) in [6, 6.07) is 16.4. The lowest BCUT2D eigenvalue weighted by atomic mass is 10.1. The number of ether oxygens (including phenoxy) is 1. The van der Waals surface area contributed by atoms with E-state index in [1.807, 2.05) is 6.92 Å². The minimum Gasteiger partial charge on any atom is -0.497 e. The third kappa shape index (κ3) is 4.63. The molecule has 0 aliphatic heterocycles. The third-order valence-corrected chi connectivity index (χ3v) is 6.10. The standard InChI is InChI=1S/C23H23NO5S/c1-15-5-11-20(12-6-15)30(26,27)29-22-14-13-21(16(2)17(22)3)24-23(25)18-7-9-19(28-4)10-8-18/h5-14H,1-4H3,(H,24,25). The monoisotopic (exact) mass is 425 g/mol. The molecule has 3 aromatic carbocycles. The van der Waals surface area contributed by atoms with Gasteiger partial charge in [-0.05, 0) is 80.4 Å². The Morgan fingerprint density at radius 2 is 1.47 bits per heavy atom. The van der Waals surface area contributed by atoms with Crippen molar-refractivity contribution >= 4 is 21.7 Å². The Labute approximate surface area is 176 Å². The summed E-state index contributed by atoms with van der Waals surface area (Å²) in [4.78, 5) is 12.6. The summed E-state index contributed by atoms with van der Waals surface area (Å²) >= 11 is 0. The van der Waals surface area contributed by atoms with Gasteiger partial charge in [-0.15, -0.1) is 0 Å². The van der Waals surface area contributed by atoms with E-state index >= 15 is 0 Å². The fraction of sp³-hybridized carbons (Fsp3) is 0.174. The maximum Gasteiger partial charge on any atom is 0.339 e. The van der Waals surface area contributed by atoms with Crippen LogP contribution in [0.15, 0.2) is 65.6 Å². The number of carbonyl (C=O) groups is 1. The second-order valence-electron chi connectivity index (χ2n) is 6.89. The van der Waals surface area contributed by atoms with Crippen LogP contribution in [-0.4, -0.2) is 21.4 Å². The predicted molar refractivity (Wildman–Crippen MR) is 116 cm³/mol. The zero-order valence-electron chi connectivity index (χ0n) is 17.2. The first-order chi connectivity index (χ1) is 14.2. The summed E-state index contributed by atoms with van der Waals surface area (Å²) in [7, 11) is -2.39. The van der Waals surface area contributed by atoms with Crippen LogP contribution in [0, 0.1) is 20.8 Å². The van der Waals surface area contributed by atoms with E-state index in [9.17, 15) is 13.2 Å². The van der Waals surface area contributed by atoms with Crippen LogP contribution in [0.1, 0.15) is 27.0 Å². The largest absolute Gasteiger partial charge is 0.497 e. The molecule has 3 aromatic rings. The van der Waals surface area contributed by atoms with Crippen molar-refractivity contribution in [1.29, 1.82) is 0 Å². The SMILES string of the molecule is COc1ccc(C(=O)Nc2ccc(OS(=O)(=O)c3ccc(C)cc3)c(C)c2C)cc1. The molecular formula is C23H23NO5S. The molecule has 3 rings (SSSR count). The second-order valence-corrected chi connectivity index (χ2v) is 8.44. The van der Waals surface area contributed by atoms with Gasteiger partial charge in [0.1, 0.15) is 16.4 Å². The maximum absolute atomic E-state index is 12.6. The van der Waals surface area contributed by atoms with Gasteiger partial charge in [-0.1, -0.05) is 17.7 Å². The van der Waals surface area contributed by atoms with Crippen LogP contribution < -0.4 is 14.2 Å². The van der Waals surface area contributed by atoms with Gasteiger partial charge in [0, 0.05) is 11.3 Å². The number of nitrogens with one attached hydrogen (secondary N) is 1. The molecule has 0 heterocycles. The van der Waals surface area contributed by atoms with Gasteiger partial charge in [0.2, 0.25) is 0 Å². The molecule has 1 amide bonds. The van der Waals surface area contributed by atoms with Crippen molar-refractivity contribution in [3.8, 4) is 11.5 Å². The lowest BCUT2D eigenvalue weighted by molar-refractivity contribution is 0.102.